The highest BCUT2D eigenvalue weighted by Gasteiger charge is 2.39. The quantitative estimate of drug-likeness (QED) is 0.777. The molecule has 0 aliphatic carbocycles. The lowest BCUT2D eigenvalue weighted by molar-refractivity contribution is -0.155. The smallest absolute Gasteiger partial charge is 0.331 e. The summed E-state index contributed by atoms with van der Waals surface area (Å²) < 4.78 is 10.4. The lowest BCUT2D eigenvalue weighted by atomic mass is 9.88. The van der Waals surface area contributed by atoms with Crippen molar-refractivity contribution < 1.29 is 19.1 Å². The van der Waals surface area contributed by atoms with E-state index in [2.05, 4.69) is 5.32 Å². The minimum absolute atomic E-state index is 0.139. The van der Waals surface area contributed by atoms with Crippen LogP contribution in [0.1, 0.15) is 33.3 Å². The van der Waals surface area contributed by atoms with E-state index >= 15 is 0 Å². The number of rotatable bonds is 7. The Hall–Kier alpha value is -2.55. The molecule has 124 valence electrons. The standard InChI is InChI=1S/C17H22N2O4/c1-5-22-16(21)17(4,12(2)3)19-15(20)11-23-14-8-6-13(10-18)7-9-14/h6-9,12H,5,11H2,1-4H3,(H,19,20). The Morgan fingerprint density at radius 1 is 1.30 bits per heavy atom. The van der Waals surface area contributed by atoms with Crippen LogP contribution in [0, 0.1) is 17.2 Å². The van der Waals surface area contributed by atoms with Crippen molar-refractivity contribution in [3.8, 4) is 11.8 Å². The predicted octanol–water partition coefficient (Wildman–Crippen LogP) is 2.03. The zero-order valence-electron chi connectivity index (χ0n) is 13.9. The van der Waals surface area contributed by atoms with E-state index in [1.807, 2.05) is 19.9 Å². The number of esters is 1. The topological polar surface area (TPSA) is 88.4 Å². The van der Waals surface area contributed by atoms with Gasteiger partial charge in [0.1, 0.15) is 11.3 Å². The van der Waals surface area contributed by atoms with Gasteiger partial charge >= 0.3 is 5.97 Å². The van der Waals surface area contributed by atoms with E-state index in [0.717, 1.165) is 0 Å². The summed E-state index contributed by atoms with van der Waals surface area (Å²) in [5.74, 6) is -0.553. The zero-order valence-corrected chi connectivity index (χ0v) is 13.9. The molecule has 0 radical (unpaired) electrons. The van der Waals surface area contributed by atoms with Crippen molar-refractivity contribution >= 4 is 11.9 Å². The molecule has 6 nitrogen and oxygen atoms in total. The molecule has 0 saturated carbocycles. The van der Waals surface area contributed by atoms with Crippen LogP contribution in [0.3, 0.4) is 0 Å². The Bertz CT molecular complexity index is 590. The number of nitriles is 1. The largest absolute Gasteiger partial charge is 0.484 e. The summed E-state index contributed by atoms with van der Waals surface area (Å²) in [7, 11) is 0. The van der Waals surface area contributed by atoms with E-state index in [0.29, 0.717) is 11.3 Å². The van der Waals surface area contributed by atoms with Crippen LogP contribution in [-0.4, -0.2) is 30.6 Å². The number of nitrogens with one attached hydrogen (secondary N) is 1. The average Bonchev–Trinajstić information content (AvgIpc) is 2.53. The highest BCUT2D eigenvalue weighted by atomic mass is 16.5. The van der Waals surface area contributed by atoms with Crippen LogP contribution in [0.15, 0.2) is 24.3 Å². The normalized spacial score (nSPS) is 12.9. The summed E-state index contributed by atoms with van der Waals surface area (Å²) >= 11 is 0. The number of nitrogens with zero attached hydrogens (tertiary/aromatic N) is 1. The lowest BCUT2D eigenvalue weighted by Crippen LogP contribution is -2.57. The molecule has 1 amide bonds. The Kier molecular flexibility index (Phi) is 6.58. The van der Waals surface area contributed by atoms with Crippen LogP contribution in [0.2, 0.25) is 0 Å². The maximum absolute atomic E-state index is 12.1. The zero-order chi connectivity index (χ0) is 17.5. The summed E-state index contributed by atoms with van der Waals surface area (Å²) in [5.41, 5.74) is -0.599. The van der Waals surface area contributed by atoms with Crippen molar-refractivity contribution in [1.29, 1.82) is 5.26 Å². The molecule has 0 fully saturated rings. The molecule has 1 atom stereocenters. The van der Waals surface area contributed by atoms with Crippen LogP contribution in [0.4, 0.5) is 0 Å². The van der Waals surface area contributed by atoms with Gasteiger partial charge < -0.3 is 14.8 Å². The van der Waals surface area contributed by atoms with Crippen molar-refractivity contribution in [2.24, 2.45) is 5.92 Å². The van der Waals surface area contributed by atoms with Gasteiger partial charge in [-0.3, -0.25) is 4.79 Å². The number of benzene rings is 1. The van der Waals surface area contributed by atoms with Gasteiger partial charge in [-0.15, -0.1) is 0 Å². The number of amides is 1. The molecule has 1 aromatic carbocycles. The number of carbonyl (C=O) groups is 2. The van der Waals surface area contributed by atoms with E-state index in [4.69, 9.17) is 14.7 Å². The molecule has 1 rings (SSSR count). The molecule has 0 spiro atoms. The van der Waals surface area contributed by atoms with Gasteiger partial charge in [0.15, 0.2) is 6.61 Å². The summed E-state index contributed by atoms with van der Waals surface area (Å²) in [5, 5.41) is 11.4. The van der Waals surface area contributed by atoms with Gasteiger partial charge in [0.05, 0.1) is 18.2 Å². The van der Waals surface area contributed by atoms with Crippen molar-refractivity contribution in [2.75, 3.05) is 13.2 Å². The maximum atomic E-state index is 12.1. The van der Waals surface area contributed by atoms with E-state index in [9.17, 15) is 9.59 Å². The molecule has 0 saturated heterocycles. The van der Waals surface area contributed by atoms with Crippen molar-refractivity contribution in [3.05, 3.63) is 29.8 Å². The van der Waals surface area contributed by atoms with Crippen LogP contribution >= 0.6 is 0 Å². The fourth-order valence-corrected chi connectivity index (χ4v) is 1.81. The minimum Gasteiger partial charge on any atom is -0.484 e. The first-order valence-corrected chi connectivity index (χ1v) is 7.44. The maximum Gasteiger partial charge on any atom is 0.331 e. The van der Waals surface area contributed by atoms with Gasteiger partial charge in [-0.1, -0.05) is 13.8 Å². The number of hydrogen-bond donors (Lipinski definition) is 1. The van der Waals surface area contributed by atoms with Crippen LogP contribution in [-0.2, 0) is 14.3 Å². The van der Waals surface area contributed by atoms with Gasteiger partial charge in [-0.25, -0.2) is 4.79 Å². The first kappa shape index (κ1) is 18.5. The third-order valence-electron chi connectivity index (χ3n) is 3.61. The highest BCUT2D eigenvalue weighted by Crippen LogP contribution is 2.19. The molecule has 1 unspecified atom stereocenters. The second-order valence-corrected chi connectivity index (χ2v) is 5.55. The number of hydrogen-bond acceptors (Lipinski definition) is 5. The molecule has 1 N–H and O–H groups in total. The lowest BCUT2D eigenvalue weighted by Gasteiger charge is -2.32. The van der Waals surface area contributed by atoms with Crippen LogP contribution in [0.5, 0.6) is 5.75 Å². The van der Waals surface area contributed by atoms with Gasteiger partial charge in [-0.2, -0.15) is 5.26 Å². The Morgan fingerprint density at radius 2 is 1.91 bits per heavy atom. The van der Waals surface area contributed by atoms with Crippen molar-refractivity contribution in [3.63, 3.8) is 0 Å². The van der Waals surface area contributed by atoms with E-state index in [-0.39, 0.29) is 19.1 Å². The van der Waals surface area contributed by atoms with E-state index in [1.54, 1.807) is 38.1 Å². The van der Waals surface area contributed by atoms with Crippen molar-refractivity contribution in [2.45, 2.75) is 33.2 Å². The highest BCUT2D eigenvalue weighted by molar-refractivity contribution is 5.88. The first-order chi connectivity index (χ1) is 10.8. The minimum atomic E-state index is -1.11. The molecule has 6 heteroatoms. The third kappa shape index (κ3) is 4.99. The molecule has 23 heavy (non-hydrogen) atoms. The Balaban J connectivity index is 2.65. The number of ether oxygens (including phenoxy) is 2. The molecule has 0 heterocycles. The molecule has 0 aliphatic heterocycles. The van der Waals surface area contributed by atoms with Crippen LogP contribution < -0.4 is 10.1 Å². The molecular weight excluding hydrogens is 296 g/mol. The Morgan fingerprint density at radius 3 is 2.39 bits per heavy atom. The van der Waals surface area contributed by atoms with Crippen LogP contribution in [0.25, 0.3) is 0 Å². The fourth-order valence-electron chi connectivity index (χ4n) is 1.81. The fraction of sp³-hybridized carbons (Fsp3) is 0.471. The first-order valence-electron chi connectivity index (χ1n) is 7.44. The Labute approximate surface area is 136 Å². The average molecular weight is 318 g/mol. The van der Waals surface area contributed by atoms with Gasteiger partial charge in [0.25, 0.3) is 5.91 Å². The van der Waals surface area contributed by atoms with Gasteiger partial charge in [0, 0.05) is 0 Å². The summed E-state index contributed by atoms with van der Waals surface area (Å²) in [6.07, 6.45) is 0. The summed E-state index contributed by atoms with van der Waals surface area (Å²) in [4.78, 5) is 24.2. The number of carbonyl (C=O) groups excluding carboxylic acids is 2. The monoisotopic (exact) mass is 318 g/mol. The summed E-state index contributed by atoms with van der Waals surface area (Å²) in [6, 6.07) is 8.42. The van der Waals surface area contributed by atoms with E-state index in [1.165, 1.54) is 0 Å². The SMILES string of the molecule is CCOC(=O)C(C)(NC(=O)COc1ccc(C#N)cc1)C(C)C. The molecule has 0 bridgehead atoms. The molecular formula is C17H22N2O4. The predicted molar refractivity (Wildman–Crippen MR) is 84.7 cm³/mol. The second kappa shape index (κ2) is 8.18. The van der Waals surface area contributed by atoms with Crippen molar-refractivity contribution in [1.82, 2.24) is 5.32 Å². The third-order valence-corrected chi connectivity index (χ3v) is 3.61. The van der Waals surface area contributed by atoms with E-state index < -0.39 is 17.4 Å². The molecule has 0 aliphatic rings. The summed E-state index contributed by atoms with van der Waals surface area (Å²) in [6.45, 7) is 7.04. The van der Waals surface area contributed by atoms with Gasteiger partial charge in [-0.05, 0) is 44.0 Å². The molecule has 1 aromatic rings. The van der Waals surface area contributed by atoms with Gasteiger partial charge in [0.2, 0.25) is 0 Å². The second-order valence-electron chi connectivity index (χ2n) is 5.55. The molecule has 0 aromatic heterocycles.